The molecule has 0 saturated carbocycles. The van der Waals surface area contributed by atoms with Crippen molar-refractivity contribution in [1.82, 2.24) is 5.32 Å². The van der Waals surface area contributed by atoms with Crippen LogP contribution in [0.3, 0.4) is 0 Å². The maximum atomic E-state index is 12.5. The topological polar surface area (TPSA) is 67.4 Å². The van der Waals surface area contributed by atoms with Crippen LogP contribution in [0.2, 0.25) is 0 Å². The molecule has 0 aliphatic carbocycles. The number of benzene rings is 2. The zero-order valence-corrected chi connectivity index (χ0v) is 13.3. The van der Waals surface area contributed by atoms with E-state index in [1.807, 2.05) is 19.9 Å². The molecule has 0 radical (unpaired) electrons. The van der Waals surface area contributed by atoms with Gasteiger partial charge in [-0.3, -0.25) is 9.59 Å². The zero-order valence-electron chi connectivity index (χ0n) is 13.3. The second kappa shape index (κ2) is 7.98. The third-order valence-corrected chi connectivity index (χ3v) is 3.19. The van der Waals surface area contributed by atoms with E-state index in [0.29, 0.717) is 35.7 Å². The molecule has 0 aromatic heterocycles. The molecule has 0 bridgehead atoms. The number of rotatable bonds is 6. The standard InChI is InChI=1S/C18H20N2O3/c1-3-19-17(21)13-9-5-7-11-15(13)20-18(22)14-10-6-8-12-16(14)23-4-2/h5-12H,3-4H2,1-2H3,(H,19,21)(H,20,22). The molecule has 0 unspecified atom stereocenters. The van der Waals surface area contributed by atoms with Crippen LogP contribution in [0.15, 0.2) is 48.5 Å². The number of para-hydroxylation sites is 2. The Bertz CT molecular complexity index is 698. The lowest BCUT2D eigenvalue weighted by molar-refractivity contribution is 0.0956. The molecule has 5 nitrogen and oxygen atoms in total. The van der Waals surface area contributed by atoms with Gasteiger partial charge in [0.1, 0.15) is 5.75 Å². The molecule has 0 spiro atoms. The first-order valence-electron chi connectivity index (χ1n) is 7.57. The number of hydrogen-bond donors (Lipinski definition) is 2. The Hall–Kier alpha value is -2.82. The van der Waals surface area contributed by atoms with Gasteiger partial charge in [-0.2, -0.15) is 0 Å². The number of carbonyl (C=O) groups is 2. The highest BCUT2D eigenvalue weighted by Gasteiger charge is 2.16. The van der Waals surface area contributed by atoms with E-state index in [2.05, 4.69) is 10.6 Å². The molecule has 0 atom stereocenters. The SMILES string of the molecule is CCNC(=O)c1ccccc1NC(=O)c1ccccc1OCC. The normalized spacial score (nSPS) is 10.0. The van der Waals surface area contributed by atoms with Crippen LogP contribution in [0.1, 0.15) is 34.6 Å². The van der Waals surface area contributed by atoms with Gasteiger partial charge in [0.05, 0.1) is 23.4 Å². The number of carbonyl (C=O) groups excluding carboxylic acids is 2. The molecule has 23 heavy (non-hydrogen) atoms. The van der Waals surface area contributed by atoms with Gasteiger partial charge in [-0.15, -0.1) is 0 Å². The summed E-state index contributed by atoms with van der Waals surface area (Å²) in [5.74, 6) is -0.0183. The summed E-state index contributed by atoms with van der Waals surface area (Å²) >= 11 is 0. The van der Waals surface area contributed by atoms with Crippen LogP contribution in [-0.4, -0.2) is 25.0 Å². The molecule has 0 fully saturated rings. The lowest BCUT2D eigenvalue weighted by atomic mass is 10.1. The lowest BCUT2D eigenvalue weighted by Gasteiger charge is -2.13. The van der Waals surface area contributed by atoms with Crippen molar-refractivity contribution in [3.8, 4) is 5.75 Å². The summed E-state index contributed by atoms with van der Waals surface area (Å²) in [5.41, 5.74) is 1.33. The minimum Gasteiger partial charge on any atom is -0.493 e. The number of nitrogens with one attached hydrogen (secondary N) is 2. The second-order valence-electron chi connectivity index (χ2n) is 4.79. The van der Waals surface area contributed by atoms with Gasteiger partial charge in [0.2, 0.25) is 0 Å². The predicted molar refractivity (Wildman–Crippen MR) is 90.0 cm³/mol. The van der Waals surface area contributed by atoms with Crippen molar-refractivity contribution in [2.45, 2.75) is 13.8 Å². The van der Waals surface area contributed by atoms with Gasteiger partial charge in [0, 0.05) is 6.54 Å². The van der Waals surface area contributed by atoms with Crippen molar-refractivity contribution in [3.05, 3.63) is 59.7 Å². The van der Waals surface area contributed by atoms with Gasteiger partial charge in [-0.05, 0) is 38.1 Å². The highest BCUT2D eigenvalue weighted by atomic mass is 16.5. The van der Waals surface area contributed by atoms with Gasteiger partial charge in [0.25, 0.3) is 11.8 Å². The fourth-order valence-corrected chi connectivity index (χ4v) is 2.17. The number of ether oxygens (including phenoxy) is 1. The maximum absolute atomic E-state index is 12.5. The number of hydrogen-bond acceptors (Lipinski definition) is 3. The Kier molecular flexibility index (Phi) is 5.74. The molecule has 2 amide bonds. The summed E-state index contributed by atoms with van der Waals surface area (Å²) in [6.07, 6.45) is 0. The number of anilines is 1. The van der Waals surface area contributed by atoms with Crippen molar-refractivity contribution in [2.75, 3.05) is 18.5 Å². The van der Waals surface area contributed by atoms with Crippen molar-refractivity contribution in [1.29, 1.82) is 0 Å². The van der Waals surface area contributed by atoms with Crippen molar-refractivity contribution >= 4 is 17.5 Å². The molecule has 0 heterocycles. The first kappa shape index (κ1) is 16.5. The first-order chi connectivity index (χ1) is 11.2. The smallest absolute Gasteiger partial charge is 0.259 e. The molecule has 0 aliphatic heterocycles. The van der Waals surface area contributed by atoms with Crippen LogP contribution < -0.4 is 15.4 Å². The van der Waals surface area contributed by atoms with Crippen LogP contribution in [-0.2, 0) is 0 Å². The van der Waals surface area contributed by atoms with Crippen molar-refractivity contribution < 1.29 is 14.3 Å². The Balaban J connectivity index is 2.26. The van der Waals surface area contributed by atoms with E-state index in [1.165, 1.54) is 0 Å². The van der Waals surface area contributed by atoms with E-state index in [9.17, 15) is 9.59 Å². The molecule has 2 rings (SSSR count). The van der Waals surface area contributed by atoms with Crippen LogP contribution in [0.5, 0.6) is 5.75 Å². The largest absolute Gasteiger partial charge is 0.493 e. The highest BCUT2D eigenvalue weighted by Crippen LogP contribution is 2.21. The molecule has 0 aliphatic rings. The average molecular weight is 312 g/mol. The predicted octanol–water partition coefficient (Wildman–Crippen LogP) is 3.09. The van der Waals surface area contributed by atoms with Gasteiger partial charge in [-0.25, -0.2) is 0 Å². The zero-order chi connectivity index (χ0) is 16.7. The summed E-state index contributed by atoms with van der Waals surface area (Å²) in [6, 6.07) is 13.9. The minimum atomic E-state index is -0.314. The third-order valence-electron chi connectivity index (χ3n) is 3.19. The van der Waals surface area contributed by atoms with E-state index in [4.69, 9.17) is 4.74 Å². The fraction of sp³-hybridized carbons (Fsp3) is 0.222. The minimum absolute atomic E-state index is 0.221. The first-order valence-corrected chi connectivity index (χ1v) is 7.57. The second-order valence-corrected chi connectivity index (χ2v) is 4.79. The van der Waals surface area contributed by atoms with Crippen LogP contribution in [0, 0.1) is 0 Å². The molecule has 120 valence electrons. The maximum Gasteiger partial charge on any atom is 0.259 e. The molecule has 2 N–H and O–H groups in total. The molecule has 2 aromatic rings. The average Bonchev–Trinajstić information content (AvgIpc) is 2.56. The van der Waals surface area contributed by atoms with Gasteiger partial charge in [0.15, 0.2) is 0 Å². The summed E-state index contributed by atoms with van der Waals surface area (Å²) in [4.78, 5) is 24.6. The van der Waals surface area contributed by atoms with Crippen LogP contribution in [0.4, 0.5) is 5.69 Å². The van der Waals surface area contributed by atoms with E-state index in [1.54, 1.807) is 42.5 Å². The van der Waals surface area contributed by atoms with Crippen molar-refractivity contribution in [2.24, 2.45) is 0 Å². The summed E-state index contributed by atoms with van der Waals surface area (Å²) in [5, 5.41) is 5.52. The Morgan fingerprint density at radius 3 is 2.26 bits per heavy atom. The molecule has 2 aromatic carbocycles. The summed E-state index contributed by atoms with van der Waals surface area (Å²) < 4.78 is 5.47. The number of amides is 2. The van der Waals surface area contributed by atoms with Gasteiger partial charge in [-0.1, -0.05) is 24.3 Å². The van der Waals surface area contributed by atoms with E-state index in [0.717, 1.165) is 0 Å². The van der Waals surface area contributed by atoms with E-state index >= 15 is 0 Å². The van der Waals surface area contributed by atoms with E-state index in [-0.39, 0.29) is 11.8 Å². The van der Waals surface area contributed by atoms with Crippen molar-refractivity contribution in [3.63, 3.8) is 0 Å². The van der Waals surface area contributed by atoms with Gasteiger partial charge >= 0.3 is 0 Å². The Labute approximate surface area is 135 Å². The summed E-state index contributed by atoms with van der Waals surface area (Å²) in [6.45, 7) is 4.70. The quantitative estimate of drug-likeness (QED) is 0.861. The molecular formula is C18H20N2O3. The third kappa shape index (κ3) is 4.10. The molecule has 5 heteroatoms. The Morgan fingerprint density at radius 1 is 0.913 bits per heavy atom. The molecular weight excluding hydrogens is 292 g/mol. The highest BCUT2D eigenvalue weighted by molar-refractivity contribution is 6.10. The van der Waals surface area contributed by atoms with Crippen LogP contribution >= 0.6 is 0 Å². The lowest BCUT2D eigenvalue weighted by Crippen LogP contribution is -2.24. The summed E-state index contributed by atoms with van der Waals surface area (Å²) in [7, 11) is 0. The Morgan fingerprint density at radius 2 is 1.57 bits per heavy atom. The fourth-order valence-electron chi connectivity index (χ4n) is 2.17. The molecule has 0 saturated heterocycles. The van der Waals surface area contributed by atoms with E-state index < -0.39 is 0 Å². The monoisotopic (exact) mass is 312 g/mol. The van der Waals surface area contributed by atoms with Gasteiger partial charge < -0.3 is 15.4 Å². The van der Waals surface area contributed by atoms with Crippen LogP contribution in [0.25, 0.3) is 0 Å².